The van der Waals surface area contributed by atoms with Gasteiger partial charge in [-0.3, -0.25) is 9.59 Å². The third kappa shape index (κ3) is 4.99. The number of carbonyl (C=O) groups excluding carboxylic acids is 2. The Morgan fingerprint density at radius 1 is 0.900 bits per heavy atom. The molecule has 0 unspecified atom stereocenters. The smallest absolute Gasteiger partial charge is 0.257 e. The van der Waals surface area contributed by atoms with E-state index >= 15 is 0 Å². The molecule has 154 valence electrons. The molecular weight excluding hydrogens is 398 g/mol. The Bertz CT molecular complexity index is 1050. The van der Waals surface area contributed by atoms with Gasteiger partial charge in [0.2, 0.25) is 0 Å². The van der Waals surface area contributed by atoms with Gasteiger partial charge in [0.1, 0.15) is 0 Å². The van der Waals surface area contributed by atoms with E-state index in [1.54, 1.807) is 24.3 Å². The van der Waals surface area contributed by atoms with Crippen molar-refractivity contribution in [1.29, 1.82) is 0 Å². The third-order valence-electron chi connectivity index (χ3n) is 4.55. The third-order valence-corrected chi connectivity index (χ3v) is 4.88. The molecule has 3 rings (SSSR count). The molecule has 3 aromatic rings. The largest absolute Gasteiger partial charge is 0.350 e. The molecule has 0 spiro atoms. The number of carbonyl (C=O) groups is 2. The van der Waals surface area contributed by atoms with E-state index in [4.69, 9.17) is 11.6 Å². The average molecular weight is 422 g/mol. The lowest BCUT2D eigenvalue weighted by atomic mass is 10.1. The van der Waals surface area contributed by atoms with Gasteiger partial charge in [0.05, 0.1) is 22.0 Å². The van der Waals surface area contributed by atoms with Crippen LogP contribution in [0.2, 0.25) is 5.02 Å². The van der Waals surface area contributed by atoms with Crippen LogP contribution in [0.25, 0.3) is 0 Å². The first-order valence-electron chi connectivity index (χ1n) is 9.66. The normalized spacial score (nSPS) is 10.6. The summed E-state index contributed by atoms with van der Waals surface area (Å²) in [6.07, 6.45) is 0. The van der Waals surface area contributed by atoms with Crippen LogP contribution in [0.1, 0.15) is 34.6 Å². The van der Waals surface area contributed by atoms with E-state index in [9.17, 15) is 9.59 Å². The van der Waals surface area contributed by atoms with Gasteiger partial charge in [0.25, 0.3) is 11.8 Å². The Hall–Kier alpha value is -3.31. The highest BCUT2D eigenvalue weighted by atomic mass is 35.5. The maximum atomic E-state index is 13.1. The highest BCUT2D eigenvalue weighted by Gasteiger charge is 2.17. The molecule has 0 aliphatic heterocycles. The number of benzene rings is 3. The summed E-state index contributed by atoms with van der Waals surface area (Å²) in [5.41, 5.74) is 3.03. The van der Waals surface area contributed by atoms with Gasteiger partial charge >= 0.3 is 0 Å². The molecule has 0 heterocycles. The monoisotopic (exact) mass is 421 g/mol. The molecule has 0 saturated heterocycles. The Morgan fingerprint density at radius 2 is 1.57 bits per heavy atom. The summed E-state index contributed by atoms with van der Waals surface area (Å²) in [6, 6.07) is 22.0. The van der Waals surface area contributed by atoms with Crippen molar-refractivity contribution in [1.82, 2.24) is 5.32 Å². The fourth-order valence-electron chi connectivity index (χ4n) is 3.05. The summed E-state index contributed by atoms with van der Waals surface area (Å²) in [5, 5.41) is 6.04. The van der Waals surface area contributed by atoms with Crippen LogP contribution in [0.3, 0.4) is 0 Å². The highest BCUT2D eigenvalue weighted by molar-refractivity contribution is 6.34. The van der Waals surface area contributed by atoms with Gasteiger partial charge in [-0.25, -0.2) is 0 Å². The first-order valence-corrected chi connectivity index (χ1v) is 10.0. The van der Waals surface area contributed by atoms with E-state index in [1.807, 2.05) is 74.3 Å². The minimum atomic E-state index is -0.309. The van der Waals surface area contributed by atoms with Crippen molar-refractivity contribution in [2.75, 3.05) is 17.3 Å². The number of hydrogen-bond donors (Lipinski definition) is 2. The van der Waals surface area contributed by atoms with Crippen molar-refractivity contribution >= 4 is 40.5 Å². The molecule has 0 atom stereocenters. The quantitative estimate of drug-likeness (QED) is 0.552. The first-order chi connectivity index (χ1) is 14.4. The van der Waals surface area contributed by atoms with E-state index in [0.717, 1.165) is 11.4 Å². The van der Waals surface area contributed by atoms with E-state index in [-0.39, 0.29) is 17.9 Å². The van der Waals surface area contributed by atoms with Gasteiger partial charge in [0.15, 0.2) is 0 Å². The van der Waals surface area contributed by atoms with Gasteiger partial charge < -0.3 is 15.5 Å². The van der Waals surface area contributed by atoms with Crippen molar-refractivity contribution in [2.45, 2.75) is 19.9 Å². The van der Waals surface area contributed by atoms with Gasteiger partial charge in [0, 0.05) is 24.3 Å². The Morgan fingerprint density at radius 3 is 2.27 bits per heavy atom. The summed E-state index contributed by atoms with van der Waals surface area (Å²) in [5.74, 6) is -0.530. The van der Waals surface area contributed by atoms with Crippen LogP contribution in [0.4, 0.5) is 17.1 Å². The van der Waals surface area contributed by atoms with Crippen molar-refractivity contribution in [3.8, 4) is 0 Å². The Kier molecular flexibility index (Phi) is 6.75. The molecule has 6 heteroatoms. The minimum Gasteiger partial charge on any atom is -0.350 e. The second kappa shape index (κ2) is 9.46. The molecule has 3 aromatic carbocycles. The van der Waals surface area contributed by atoms with E-state index in [2.05, 4.69) is 10.6 Å². The van der Waals surface area contributed by atoms with Crippen LogP contribution in [-0.2, 0) is 0 Å². The zero-order chi connectivity index (χ0) is 21.7. The van der Waals surface area contributed by atoms with Gasteiger partial charge in [-0.1, -0.05) is 41.9 Å². The molecular formula is C24H24ClN3O2. The number of rotatable bonds is 6. The van der Waals surface area contributed by atoms with Crippen LogP contribution in [0.5, 0.6) is 0 Å². The molecule has 0 bridgehead atoms. The summed E-state index contributed by atoms with van der Waals surface area (Å²) in [7, 11) is 1.91. The molecule has 0 radical (unpaired) electrons. The summed E-state index contributed by atoms with van der Waals surface area (Å²) in [4.78, 5) is 27.3. The molecule has 0 saturated carbocycles. The lowest BCUT2D eigenvalue weighted by Gasteiger charge is -2.22. The highest BCUT2D eigenvalue weighted by Crippen LogP contribution is 2.29. The average Bonchev–Trinajstić information content (AvgIpc) is 2.74. The van der Waals surface area contributed by atoms with Crippen molar-refractivity contribution in [3.63, 3.8) is 0 Å². The van der Waals surface area contributed by atoms with Gasteiger partial charge in [-0.05, 0) is 56.3 Å². The van der Waals surface area contributed by atoms with Crippen LogP contribution < -0.4 is 15.5 Å². The van der Waals surface area contributed by atoms with Crippen molar-refractivity contribution < 1.29 is 9.59 Å². The number of hydrogen-bond acceptors (Lipinski definition) is 3. The van der Waals surface area contributed by atoms with Crippen molar-refractivity contribution in [2.24, 2.45) is 0 Å². The molecule has 2 N–H and O–H groups in total. The Balaban J connectivity index is 1.88. The number of anilines is 3. The summed E-state index contributed by atoms with van der Waals surface area (Å²) < 4.78 is 0. The molecule has 0 fully saturated rings. The lowest BCUT2D eigenvalue weighted by molar-refractivity contribution is 0.0942. The predicted molar refractivity (Wildman–Crippen MR) is 123 cm³/mol. The van der Waals surface area contributed by atoms with E-state index in [0.29, 0.717) is 21.8 Å². The number of nitrogens with zero attached hydrogens (tertiary/aromatic N) is 1. The van der Waals surface area contributed by atoms with E-state index < -0.39 is 0 Å². The summed E-state index contributed by atoms with van der Waals surface area (Å²) >= 11 is 6.28. The maximum absolute atomic E-state index is 13.1. The second-order valence-corrected chi connectivity index (χ2v) is 7.60. The van der Waals surface area contributed by atoms with E-state index in [1.165, 1.54) is 0 Å². The zero-order valence-corrected chi connectivity index (χ0v) is 17.9. The SMILES string of the molecule is CC(C)NC(=O)c1ccc(Cl)c(NC(=O)c2ccccc2N(C)c2ccccc2)c1. The number of nitrogens with one attached hydrogen (secondary N) is 2. The van der Waals surface area contributed by atoms with Crippen LogP contribution >= 0.6 is 11.6 Å². The molecule has 0 aliphatic rings. The lowest BCUT2D eigenvalue weighted by Crippen LogP contribution is -2.30. The number of para-hydroxylation sites is 2. The zero-order valence-electron chi connectivity index (χ0n) is 17.1. The minimum absolute atomic E-state index is 0.00613. The van der Waals surface area contributed by atoms with Crippen LogP contribution in [0, 0.1) is 0 Å². The maximum Gasteiger partial charge on any atom is 0.257 e. The Labute approximate surface area is 181 Å². The standard InChI is InChI=1S/C24H24ClN3O2/c1-16(2)26-23(29)17-13-14-20(25)21(15-17)27-24(30)19-11-7-8-12-22(19)28(3)18-9-5-4-6-10-18/h4-16H,1-3H3,(H,26,29)(H,27,30). The fraction of sp³-hybridized carbons (Fsp3) is 0.167. The van der Waals surface area contributed by atoms with Gasteiger partial charge in [-0.15, -0.1) is 0 Å². The molecule has 30 heavy (non-hydrogen) atoms. The van der Waals surface area contributed by atoms with Crippen molar-refractivity contribution in [3.05, 3.63) is 88.9 Å². The van der Waals surface area contributed by atoms with Crippen LogP contribution in [-0.4, -0.2) is 24.9 Å². The number of amides is 2. The molecule has 2 amide bonds. The number of halogens is 1. The predicted octanol–water partition coefficient (Wildman–Crippen LogP) is 5.50. The second-order valence-electron chi connectivity index (χ2n) is 7.19. The van der Waals surface area contributed by atoms with Gasteiger partial charge in [-0.2, -0.15) is 0 Å². The topological polar surface area (TPSA) is 61.4 Å². The fourth-order valence-corrected chi connectivity index (χ4v) is 3.21. The first kappa shape index (κ1) is 21.4. The summed E-state index contributed by atoms with van der Waals surface area (Å²) in [6.45, 7) is 3.77. The van der Waals surface area contributed by atoms with Crippen LogP contribution in [0.15, 0.2) is 72.8 Å². The molecule has 0 aliphatic carbocycles. The molecule has 0 aromatic heterocycles. The molecule has 5 nitrogen and oxygen atoms in total.